The molecule has 1 aromatic carbocycles. The molecule has 4 heteroatoms. The number of nitrogens with two attached hydrogens (primary N) is 1. The van der Waals surface area contributed by atoms with E-state index in [0.29, 0.717) is 11.4 Å². The van der Waals surface area contributed by atoms with Gasteiger partial charge < -0.3 is 11.1 Å². The van der Waals surface area contributed by atoms with Crippen molar-refractivity contribution in [2.75, 3.05) is 11.9 Å². The molecule has 21 heavy (non-hydrogen) atoms. The highest BCUT2D eigenvalue weighted by molar-refractivity contribution is 7.12. The number of hydrogen-bond acceptors (Lipinski definition) is 3. The maximum atomic E-state index is 12.4. The van der Waals surface area contributed by atoms with Gasteiger partial charge in [0.05, 0.1) is 6.54 Å². The predicted octanol–water partition coefficient (Wildman–Crippen LogP) is 2.80. The monoisotopic (exact) mass is 296 g/mol. The molecule has 0 radical (unpaired) electrons. The Morgan fingerprint density at radius 2 is 2.14 bits per heavy atom. The highest BCUT2D eigenvalue weighted by atomic mass is 32.1. The number of carbonyl (C=O) groups is 1. The number of hydrogen-bond donors (Lipinski definition) is 2. The number of nitrogens with one attached hydrogen (secondary N) is 1. The molecule has 3 nitrogen and oxygen atoms in total. The largest absolute Gasteiger partial charge is 0.321 e. The fraction of sp³-hybridized carbons (Fsp3) is 0.235. The lowest BCUT2D eigenvalue weighted by Gasteiger charge is -2.07. The second kappa shape index (κ2) is 6.13. The minimum atomic E-state index is -0.107. The Labute approximate surface area is 128 Å². The van der Waals surface area contributed by atoms with Crippen LogP contribution >= 0.6 is 11.3 Å². The van der Waals surface area contributed by atoms with E-state index in [-0.39, 0.29) is 5.91 Å². The second-order valence-electron chi connectivity index (χ2n) is 4.96. The molecule has 3 N–H and O–H groups in total. The van der Waals surface area contributed by atoms with Gasteiger partial charge >= 0.3 is 0 Å². The van der Waals surface area contributed by atoms with E-state index < -0.39 is 0 Å². The molecule has 1 aromatic heterocycles. The van der Waals surface area contributed by atoms with E-state index in [9.17, 15) is 4.79 Å². The lowest BCUT2D eigenvalue weighted by Crippen LogP contribution is -2.11. The Morgan fingerprint density at radius 1 is 1.29 bits per heavy atom. The van der Waals surface area contributed by atoms with Crippen LogP contribution in [0, 0.1) is 11.8 Å². The summed E-state index contributed by atoms with van der Waals surface area (Å²) in [6.07, 6.45) is 3.45. The lowest BCUT2D eigenvalue weighted by atomic mass is 10.1. The van der Waals surface area contributed by atoms with E-state index in [1.54, 1.807) is 0 Å². The van der Waals surface area contributed by atoms with Crippen LogP contribution in [0.2, 0.25) is 0 Å². The molecular formula is C17H16N2OS. The van der Waals surface area contributed by atoms with Gasteiger partial charge in [-0.2, -0.15) is 0 Å². The van der Waals surface area contributed by atoms with Crippen LogP contribution in [0.4, 0.5) is 5.69 Å². The average molecular weight is 296 g/mol. The number of fused-ring (bicyclic) bond motifs is 1. The third-order valence-electron chi connectivity index (χ3n) is 3.55. The highest BCUT2D eigenvalue weighted by Gasteiger charge is 2.15. The van der Waals surface area contributed by atoms with Crippen LogP contribution in [0.1, 0.15) is 32.8 Å². The maximum Gasteiger partial charge on any atom is 0.267 e. The first-order chi connectivity index (χ1) is 10.3. The van der Waals surface area contributed by atoms with Gasteiger partial charge in [0.25, 0.3) is 5.91 Å². The topological polar surface area (TPSA) is 55.1 Å². The summed E-state index contributed by atoms with van der Waals surface area (Å²) in [5.41, 5.74) is 9.72. The van der Waals surface area contributed by atoms with E-state index in [2.05, 4.69) is 29.3 Å². The molecule has 1 aliphatic carbocycles. The van der Waals surface area contributed by atoms with Gasteiger partial charge in [0, 0.05) is 11.3 Å². The van der Waals surface area contributed by atoms with Crippen LogP contribution < -0.4 is 11.1 Å². The molecule has 0 unspecified atom stereocenters. The number of thiophene rings is 1. The molecular weight excluding hydrogens is 280 g/mol. The van der Waals surface area contributed by atoms with Crippen molar-refractivity contribution < 1.29 is 4.79 Å². The van der Waals surface area contributed by atoms with Crippen molar-refractivity contribution in [3.8, 4) is 11.8 Å². The second-order valence-corrected chi connectivity index (χ2v) is 5.88. The first-order valence-electron chi connectivity index (χ1n) is 6.97. The zero-order valence-electron chi connectivity index (χ0n) is 11.6. The molecule has 0 atom stereocenters. The van der Waals surface area contributed by atoms with Crippen molar-refractivity contribution in [2.24, 2.45) is 5.73 Å². The van der Waals surface area contributed by atoms with Crippen molar-refractivity contribution in [3.05, 3.63) is 51.2 Å². The summed E-state index contributed by atoms with van der Waals surface area (Å²) >= 11 is 1.40. The van der Waals surface area contributed by atoms with Crippen LogP contribution in [0.15, 0.2) is 29.6 Å². The Bertz CT molecular complexity index is 737. The molecule has 0 saturated carbocycles. The number of amides is 1. The predicted molar refractivity (Wildman–Crippen MR) is 86.7 cm³/mol. The summed E-state index contributed by atoms with van der Waals surface area (Å²) in [6, 6.07) is 8.02. The Kier molecular flexibility index (Phi) is 4.05. The SMILES string of the molecule is NCC#Cc1ccsc1C(=O)Nc1ccc2c(c1)CCC2. The van der Waals surface area contributed by atoms with Gasteiger partial charge in [0.15, 0.2) is 0 Å². The first kappa shape index (κ1) is 13.9. The van der Waals surface area contributed by atoms with Crippen LogP contribution in [0.5, 0.6) is 0 Å². The molecule has 3 rings (SSSR count). The van der Waals surface area contributed by atoms with Crippen molar-refractivity contribution in [3.63, 3.8) is 0 Å². The fourth-order valence-electron chi connectivity index (χ4n) is 2.57. The number of aryl methyl sites for hydroxylation is 2. The molecule has 0 bridgehead atoms. The van der Waals surface area contributed by atoms with Gasteiger partial charge in [-0.25, -0.2) is 0 Å². The Balaban J connectivity index is 1.79. The molecule has 0 aliphatic heterocycles. The lowest BCUT2D eigenvalue weighted by molar-refractivity contribution is 0.103. The number of rotatable bonds is 2. The highest BCUT2D eigenvalue weighted by Crippen LogP contribution is 2.25. The van der Waals surface area contributed by atoms with Crippen molar-refractivity contribution in [2.45, 2.75) is 19.3 Å². The smallest absolute Gasteiger partial charge is 0.267 e. The fourth-order valence-corrected chi connectivity index (χ4v) is 3.31. The van der Waals surface area contributed by atoms with Crippen molar-refractivity contribution in [1.29, 1.82) is 0 Å². The Morgan fingerprint density at radius 3 is 3.00 bits per heavy atom. The molecule has 0 saturated heterocycles. The van der Waals surface area contributed by atoms with Gasteiger partial charge in [0.2, 0.25) is 0 Å². The summed E-state index contributed by atoms with van der Waals surface area (Å²) in [7, 11) is 0. The Hall–Kier alpha value is -2.09. The van der Waals surface area contributed by atoms with E-state index in [1.165, 1.54) is 28.9 Å². The normalized spacial score (nSPS) is 12.4. The third kappa shape index (κ3) is 2.99. The van der Waals surface area contributed by atoms with Crippen molar-refractivity contribution in [1.82, 2.24) is 0 Å². The minimum Gasteiger partial charge on any atom is -0.321 e. The van der Waals surface area contributed by atoms with E-state index >= 15 is 0 Å². The summed E-state index contributed by atoms with van der Waals surface area (Å²) in [6.45, 7) is 0.293. The van der Waals surface area contributed by atoms with Gasteiger partial charge in [-0.05, 0) is 54.0 Å². The van der Waals surface area contributed by atoms with Gasteiger partial charge in [0.1, 0.15) is 4.88 Å². The molecule has 1 heterocycles. The van der Waals surface area contributed by atoms with Crippen LogP contribution in [-0.4, -0.2) is 12.5 Å². The molecule has 106 valence electrons. The summed E-state index contributed by atoms with van der Waals surface area (Å²) in [4.78, 5) is 13.0. The van der Waals surface area contributed by atoms with Gasteiger partial charge in [-0.15, -0.1) is 11.3 Å². The average Bonchev–Trinajstić information content (AvgIpc) is 3.13. The number of carbonyl (C=O) groups excluding carboxylic acids is 1. The molecule has 2 aromatic rings. The van der Waals surface area contributed by atoms with Gasteiger partial charge in [-0.1, -0.05) is 17.9 Å². The summed E-state index contributed by atoms with van der Waals surface area (Å²) < 4.78 is 0. The minimum absolute atomic E-state index is 0.107. The first-order valence-corrected chi connectivity index (χ1v) is 7.85. The van der Waals surface area contributed by atoms with Crippen LogP contribution in [0.25, 0.3) is 0 Å². The van der Waals surface area contributed by atoms with Gasteiger partial charge in [-0.3, -0.25) is 4.79 Å². The molecule has 1 amide bonds. The quantitative estimate of drug-likeness (QED) is 0.837. The number of benzene rings is 1. The van der Waals surface area contributed by atoms with E-state index in [4.69, 9.17) is 5.73 Å². The zero-order chi connectivity index (χ0) is 14.7. The zero-order valence-corrected chi connectivity index (χ0v) is 12.4. The summed E-state index contributed by atoms with van der Waals surface area (Å²) in [5, 5.41) is 4.84. The number of anilines is 1. The standard InChI is InChI=1S/C17H16N2OS/c18-9-2-5-13-8-10-21-16(13)17(20)19-15-7-6-12-3-1-4-14(12)11-15/h6-8,10-11H,1,3-4,9,18H2,(H,19,20). The van der Waals surface area contributed by atoms with Crippen LogP contribution in [0.3, 0.4) is 0 Å². The maximum absolute atomic E-state index is 12.4. The molecule has 0 spiro atoms. The molecule has 1 aliphatic rings. The third-order valence-corrected chi connectivity index (χ3v) is 4.47. The van der Waals surface area contributed by atoms with E-state index in [0.717, 1.165) is 24.1 Å². The molecule has 0 fully saturated rings. The van der Waals surface area contributed by atoms with Crippen molar-refractivity contribution >= 4 is 22.9 Å². The summed E-state index contributed by atoms with van der Waals surface area (Å²) in [5.74, 6) is 5.62. The van der Waals surface area contributed by atoms with E-state index in [1.807, 2.05) is 17.5 Å². The van der Waals surface area contributed by atoms with Crippen LogP contribution in [-0.2, 0) is 12.8 Å².